The van der Waals surface area contributed by atoms with Gasteiger partial charge in [-0.05, 0) is 42.0 Å². The van der Waals surface area contributed by atoms with E-state index in [2.05, 4.69) is 64.5 Å². The lowest BCUT2D eigenvalue weighted by Crippen LogP contribution is -2.48. The number of rotatable bonds is 8. The minimum atomic E-state index is -2.50. The zero-order valence-electron chi connectivity index (χ0n) is 23.3. The van der Waals surface area contributed by atoms with Crippen LogP contribution in [-0.2, 0) is 0 Å². The van der Waals surface area contributed by atoms with Crippen LogP contribution in [0.2, 0.25) is 0 Å². The number of hydrogen-bond donors (Lipinski definition) is 4. The molecule has 1 atom stereocenters. The molecule has 0 radical (unpaired) electrons. The van der Waals surface area contributed by atoms with Gasteiger partial charge in [0.2, 0.25) is 0 Å². The molecule has 214 valence electrons. The smallest absolute Gasteiger partial charge is 0.262 e. The molecular weight excluding hydrogens is 556 g/mol. The van der Waals surface area contributed by atoms with Gasteiger partial charge in [-0.3, -0.25) is 9.99 Å². The lowest BCUT2D eigenvalue weighted by Gasteiger charge is -2.25. The number of hydrazine groups is 2. The van der Waals surface area contributed by atoms with E-state index in [0.29, 0.717) is 58.5 Å². The molecule has 0 amide bonds. The summed E-state index contributed by atoms with van der Waals surface area (Å²) >= 11 is 1.49. The number of benzene rings is 2. The number of nitriles is 2. The van der Waals surface area contributed by atoms with Crippen LogP contribution in [0.5, 0.6) is 0 Å². The fraction of sp³-hybridized carbons (Fsp3) is 0.333. The van der Waals surface area contributed by atoms with E-state index in [4.69, 9.17) is 0 Å². The highest BCUT2D eigenvalue weighted by molar-refractivity contribution is 7.17. The van der Waals surface area contributed by atoms with Gasteiger partial charge in [0.1, 0.15) is 17.7 Å². The molecule has 12 heteroatoms. The Morgan fingerprint density at radius 3 is 2.62 bits per heavy atom. The van der Waals surface area contributed by atoms with Crippen molar-refractivity contribution in [3.8, 4) is 12.1 Å². The van der Waals surface area contributed by atoms with Gasteiger partial charge >= 0.3 is 0 Å². The van der Waals surface area contributed by atoms with Gasteiger partial charge in [-0.15, -0.1) is 16.9 Å². The lowest BCUT2D eigenvalue weighted by atomic mass is 9.96. The van der Waals surface area contributed by atoms with Crippen molar-refractivity contribution in [3.05, 3.63) is 70.6 Å². The van der Waals surface area contributed by atoms with Crippen LogP contribution in [-0.4, -0.2) is 33.5 Å². The number of aromatic nitrogens is 2. The normalized spacial score (nSPS) is 16.6. The van der Waals surface area contributed by atoms with E-state index in [0.717, 1.165) is 15.8 Å². The monoisotopic (exact) mass is 585 g/mol. The van der Waals surface area contributed by atoms with E-state index in [9.17, 15) is 19.3 Å². The number of nitrogens with zero attached hydrogens (tertiary/aromatic N) is 5. The zero-order chi connectivity index (χ0) is 29.6. The molecule has 1 fully saturated rings. The molecule has 1 aliphatic heterocycles. The number of nitrogens with one attached hydrogen (secondary N) is 4. The molecule has 2 aromatic carbocycles. The highest BCUT2D eigenvalue weighted by atomic mass is 32.1. The third-order valence-corrected chi connectivity index (χ3v) is 8.46. The van der Waals surface area contributed by atoms with Crippen LogP contribution in [0.25, 0.3) is 21.1 Å². The molecule has 1 saturated carbocycles. The fourth-order valence-electron chi connectivity index (χ4n) is 5.13. The van der Waals surface area contributed by atoms with Crippen LogP contribution >= 0.6 is 11.3 Å². The maximum Gasteiger partial charge on any atom is 0.262 e. The molecule has 1 aliphatic carbocycles. The van der Waals surface area contributed by atoms with Crippen LogP contribution in [0.4, 0.5) is 20.2 Å². The van der Waals surface area contributed by atoms with Gasteiger partial charge in [-0.2, -0.15) is 10.5 Å². The number of pyridine rings is 1. The first-order valence-corrected chi connectivity index (χ1v) is 14.4. The fourth-order valence-corrected chi connectivity index (χ4v) is 5.97. The van der Waals surface area contributed by atoms with Crippen LogP contribution in [0.1, 0.15) is 56.3 Å². The maximum absolute atomic E-state index is 13.9. The molecule has 0 unspecified atom stereocenters. The standard InChI is InChI=1S/C30H29F2N9S/c1-29(2,3)15-36-25-18(12-34)13-35-24-17(11-33)9-19(10-21(24)25)38-26(20-5-4-6-22-27(20)42-16-37-22)23-14-41(40-39-23)30(7-8-30)28(31)32/h4-6,9-10,13-14,16,26,28,38-40H,7-8,15H2,1-3H3,(H,35,36)/t26-/m0/s1. The van der Waals surface area contributed by atoms with Crippen molar-refractivity contribution in [3.63, 3.8) is 0 Å². The first-order chi connectivity index (χ1) is 20.1. The molecule has 9 nitrogen and oxygen atoms in total. The number of fused-ring (bicyclic) bond motifs is 2. The summed E-state index contributed by atoms with van der Waals surface area (Å²) in [6.45, 7) is 6.87. The summed E-state index contributed by atoms with van der Waals surface area (Å²) in [6, 6.07) is 13.4. The highest BCUT2D eigenvalue weighted by Crippen LogP contribution is 2.47. The van der Waals surface area contributed by atoms with E-state index in [1.165, 1.54) is 22.5 Å². The van der Waals surface area contributed by atoms with E-state index in [1.807, 2.05) is 24.3 Å². The predicted molar refractivity (Wildman–Crippen MR) is 159 cm³/mol. The summed E-state index contributed by atoms with van der Waals surface area (Å²) in [5, 5.41) is 29.0. The zero-order valence-corrected chi connectivity index (χ0v) is 24.1. The minimum absolute atomic E-state index is 0.0641. The average molecular weight is 586 g/mol. The molecule has 0 spiro atoms. The van der Waals surface area contributed by atoms with Crippen molar-refractivity contribution in [2.75, 3.05) is 17.2 Å². The Morgan fingerprint density at radius 2 is 1.93 bits per heavy atom. The Kier molecular flexibility index (Phi) is 6.84. The second kappa shape index (κ2) is 10.4. The van der Waals surface area contributed by atoms with Crippen LogP contribution in [0, 0.1) is 28.1 Å². The van der Waals surface area contributed by atoms with Crippen LogP contribution < -0.4 is 21.6 Å². The van der Waals surface area contributed by atoms with E-state index < -0.39 is 18.0 Å². The van der Waals surface area contributed by atoms with E-state index in [1.54, 1.807) is 17.8 Å². The molecule has 2 aromatic heterocycles. The van der Waals surface area contributed by atoms with Crippen molar-refractivity contribution in [2.45, 2.75) is 51.6 Å². The number of alkyl halides is 2. The van der Waals surface area contributed by atoms with Crippen LogP contribution in [0.3, 0.4) is 0 Å². The molecule has 42 heavy (non-hydrogen) atoms. The van der Waals surface area contributed by atoms with Crippen molar-refractivity contribution in [1.29, 1.82) is 10.5 Å². The summed E-state index contributed by atoms with van der Waals surface area (Å²) in [6.07, 6.45) is 1.45. The van der Waals surface area contributed by atoms with Crippen molar-refractivity contribution in [1.82, 2.24) is 25.9 Å². The molecular formula is C30H29F2N9S. The predicted octanol–water partition coefficient (Wildman–Crippen LogP) is 6.16. The van der Waals surface area contributed by atoms with Gasteiger partial charge in [0.15, 0.2) is 0 Å². The first-order valence-electron chi connectivity index (χ1n) is 13.5. The second-order valence-electron chi connectivity index (χ2n) is 11.8. The Balaban J connectivity index is 1.47. The Morgan fingerprint density at radius 1 is 1.14 bits per heavy atom. The number of hydrogen-bond acceptors (Lipinski definition) is 10. The van der Waals surface area contributed by atoms with Crippen molar-refractivity contribution >= 4 is 43.8 Å². The quantitative estimate of drug-likeness (QED) is 0.192. The van der Waals surface area contributed by atoms with E-state index in [-0.39, 0.29) is 5.41 Å². The molecule has 4 aromatic rings. The number of anilines is 2. The molecule has 3 heterocycles. The van der Waals surface area contributed by atoms with Gasteiger partial charge in [-0.1, -0.05) is 32.9 Å². The minimum Gasteiger partial charge on any atom is -0.383 e. The summed E-state index contributed by atoms with van der Waals surface area (Å²) in [5.74, 6) is 0. The lowest BCUT2D eigenvalue weighted by molar-refractivity contribution is 0.00911. The third kappa shape index (κ3) is 4.93. The molecule has 0 saturated heterocycles. The summed E-state index contributed by atoms with van der Waals surface area (Å²) in [5.41, 5.74) is 11.3. The first kappa shape index (κ1) is 27.6. The number of halogens is 2. The summed E-state index contributed by atoms with van der Waals surface area (Å²) in [4.78, 5) is 8.90. The average Bonchev–Trinajstić information content (AvgIpc) is 3.39. The van der Waals surface area contributed by atoms with Gasteiger partial charge in [0.25, 0.3) is 6.43 Å². The van der Waals surface area contributed by atoms with Gasteiger partial charge < -0.3 is 16.1 Å². The Labute approximate surface area is 245 Å². The van der Waals surface area contributed by atoms with Crippen LogP contribution in [0.15, 0.2) is 53.9 Å². The summed E-state index contributed by atoms with van der Waals surface area (Å²) < 4.78 is 28.8. The largest absolute Gasteiger partial charge is 0.383 e. The Hall–Kier alpha value is -4.52. The molecule has 6 rings (SSSR count). The topological polar surface area (TPSA) is 125 Å². The van der Waals surface area contributed by atoms with E-state index >= 15 is 0 Å². The third-order valence-electron chi connectivity index (χ3n) is 7.56. The molecule has 2 aliphatic rings. The van der Waals surface area contributed by atoms with Gasteiger partial charge in [-0.25, -0.2) is 13.8 Å². The molecule has 4 N–H and O–H groups in total. The van der Waals surface area contributed by atoms with Gasteiger partial charge in [0, 0.05) is 30.0 Å². The van der Waals surface area contributed by atoms with Crippen molar-refractivity contribution < 1.29 is 8.78 Å². The van der Waals surface area contributed by atoms with Crippen molar-refractivity contribution in [2.24, 2.45) is 5.41 Å². The van der Waals surface area contributed by atoms with Gasteiger partial charge in [0.05, 0.1) is 49.8 Å². The second-order valence-corrected chi connectivity index (χ2v) is 12.7. The Bertz CT molecular complexity index is 1790. The molecule has 0 bridgehead atoms. The maximum atomic E-state index is 13.9. The highest BCUT2D eigenvalue weighted by Gasteiger charge is 2.56. The summed E-state index contributed by atoms with van der Waals surface area (Å²) in [7, 11) is 0. The SMILES string of the molecule is CC(C)(C)CNc1c(C#N)cnc2c(C#N)cc(N[C@H](C3=CN(C4(C(F)F)CC4)NN3)c3cccc4ncsc34)cc12. The number of thiazole rings is 1.